The first-order valence-corrected chi connectivity index (χ1v) is 12.7. The number of hydrogen-bond donors (Lipinski definition) is 2. The number of fused-ring (bicyclic) bond motifs is 1. The van der Waals surface area contributed by atoms with Crippen LogP contribution in [0.15, 0.2) is 65.7 Å². The molecule has 0 bridgehead atoms. The van der Waals surface area contributed by atoms with Crippen molar-refractivity contribution >= 4 is 32.5 Å². The number of carbonyl (C=O) groups excluding carboxylic acids is 1. The number of anilines is 1. The van der Waals surface area contributed by atoms with Crippen molar-refractivity contribution in [3.8, 4) is 23.0 Å². The number of pyridine rings is 1. The molecular formula is C24H23N5O4S. The fourth-order valence-electron chi connectivity index (χ4n) is 4.19. The molecule has 5 rings (SSSR count). The standard InChI is InChI=1S/C24H23N5O4S/c1-34(31,32)16-9-7-15(8-10-16)33-22-14-19-18(27-24(28-19)17-5-2-3-11-26-17)13-21(22)29-12-4-6-20(29)23(25)30/h2-3,5,7-11,13-14,20H,4,6,12H2,1H3,(H2,25,30)(H,27,28)/t20-/m1/s1. The van der Waals surface area contributed by atoms with Crippen LogP contribution in [0.2, 0.25) is 0 Å². The van der Waals surface area contributed by atoms with Gasteiger partial charge < -0.3 is 20.4 Å². The summed E-state index contributed by atoms with van der Waals surface area (Å²) >= 11 is 0. The van der Waals surface area contributed by atoms with Gasteiger partial charge >= 0.3 is 0 Å². The van der Waals surface area contributed by atoms with E-state index in [1.165, 1.54) is 12.1 Å². The zero-order chi connectivity index (χ0) is 23.9. The zero-order valence-electron chi connectivity index (χ0n) is 18.4. The molecule has 1 saturated heterocycles. The normalized spacial score (nSPS) is 16.1. The summed E-state index contributed by atoms with van der Waals surface area (Å²) in [5, 5.41) is 0. The van der Waals surface area contributed by atoms with Gasteiger partial charge in [-0.05, 0) is 55.3 Å². The number of nitrogens with one attached hydrogen (secondary N) is 1. The van der Waals surface area contributed by atoms with Crippen LogP contribution in [0, 0.1) is 0 Å². The third kappa shape index (κ3) is 4.19. The molecule has 0 unspecified atom stereocenters. The Morgan fingerprint density at radius 2 is 1.97 bits per heavy atom. The minimum absolute atomic E-state index is 0.205. The molecule has 1 atom stereocenters. The summed E-state index contributed by atoms with van der Waals surface area (Å²) in [7, 11) is -3.32. The second-order valence-electron chi connectivity index (χ2n) is 8.24. The molecule has 4 aromatic rings. The second-order valence-corrected chi connectivity index (χ2v) is 10.3. The highest BCUT2D eigenvalue weighted by Crippen LogP contribution is 2.39. The second kappa shape index (κ2) is 8.45. The zero-order valence-corrected chi connectivity index (χ0v) is 19.2. The highest BCUT2D eigenvalue weighted by Gasteiger charge is 2.31. The van der Waals surface area contributed by atoms with Crippen molar-refractivity contribution in [3.63, 3.8) is 0 Å². The van der Waals surface area contributed by atoms with Crippen LogP contribution in [0.4, 0.5) is 5.69 Å². The molecule has 34 heavy (non-hydrogen) atoms. The molecular weight excluding hydrogens is 454 g/mol. The highest BCUT2D eigenvalue weighted by molar-refractivity contribution is 7.90. The number of aromatic nitrogens is 3. The Hall–Kier alpha value is -3.92. The predicted molar refractivity (Wildman–Crippen MR) is 129 cm³/mol. The molecule has 3 N–H and O–H groups in total. The molecule has 9 nitrogen and oxygen atoms in total. The molecule has 10 heteroatoms. The van der Waals surface area contributed by atoms with Gasteiger partial charge in [-0.1, -0.05) is 6.07 Å². The Kier molecular flexibility index (Phi) is 5.45. The summed E-state index contributed by atoms with van der Waals surface area (Å²) in [5.74, 6) is 1.18. The smallest absolute Gasteiger partial charge is 0.240 e. The van der Waals surface area contributed by atoms with Gasteiger partial charge in [0.25, 0.3) is 0 Å². The fraction of sp³-hybridized carbons (Fsp3) is 0.208. The van der Waals surface area contributed by atoms with Crippen molar-refractivity contribution in [2.75, 3.05) is 17.7 Å². The van der Waals surface area contributed by atoms with Gasteiger partial charge in [-0.15, -0.1) is 0 Å². The van der Waals surface area contributed by atoms with Crippen LogP contribution in [-0.2, 0) is 14.6 Å². The molecule has 1 fully saturated rings. The topological polar surface area (TPSA) is 131 Å². The van der Waals surface area contributed by atoms with Crippen molar-refractivity contribution in [2.45, 2.75) is 23.8 Å². The number of ether oxygens (including phenoxy) is 1. The Morgan fingerprint density at radius 1 is 1.18 bits per heavy atom. The van der Waals surface area contributed by atoms with Crippen LogP contribution in [0.5, 0.6) is 11.5 Å². The summed E-state index contributed by atoms with van der Waals surface area (Å²) in [6, 6.07) is 15.0. The first kappa shape index (κ1) is 21.9. The Morgan fingerprint density at radius 3 is 2.65 bits per heavy atom. The maximum atomic E-state index is 12.1. The van der Waals surface area contributed by atoms with Crippen LogP contribution in [-0.4, -0.2) is 48.1 Å². The lowest BCUT2D eigenvalue weighted by Crippen LogP contribution is -2.40. The van der Waals surface area contributed by atoms with Gasteiger partial charge in [-0.3, -0.25) is 9.78 Å². The first-order valence-electron chi connectivity index (χ1n) is 10.8. The maximum absolute atomic E-state index is 12.1. The van der Waals surface area contributed by atoms with E-state index in [-0.39, 0.29) is 10.8 Å². The molecule has 1 amide bonds. The van der Waals surface area contributed by atoms with Crippen LogP contribution in [0.3, 0.4) is 0 Å². The predicted octanol–water partition coefficient (Wildman–Crippen LogP) is 3.27. The first-order chi connectivity index (χ1) is 16.3. The number of aromatic amines is 1. The molecule has 1 aliphatic heterocycles. The number of amides is 1. The average Bonchev–Trinajstić information content (AvgIpc) is 3.46. The molecule has 0 aliphatic carbocycles. The summed E-state index contributed by atoms with van der Waals surface area (Å²) < 4.78 is 29.8. The van der Waals surface area contributed by atoms with Crippen molar-refractivity contribution in [2.24, 2.45) is 5.73 Å². The molecule has 174 valence electrons. The lowest BCUT2D eigenvalue weighted by Gasteiger charge is -2.26. The quantitative estimate of drug-likeness (QED) is 0.436. The van der Waals surface area contributed by atoms with E-state index in [0.717, 1.165) is 18.2 Å². The van der Waals surface area contributed by atoms with E-state index >= 15 is 0 Å². The van der Waals surface area contributed by atoms with E-state index in [2.05, 4.69) is 15.0 Å². The van der Waals surface area contributed by atoms with Gasteiger partial charge in [0, 0.05) is 25.1 Å². The molecule has 0 spiro atoms. The molecule has 0 radical (unpaired) electrons. The Balaban J connectivity index is 1.59. The summed E-state index contributed by atoms with van der Waals surface area (Å²) in [6.07, 6.45) is 4.35. The van der Waals surface area contributed by atoms with Gasteiger partial charge in [-0.25, -0.2) is 13.4 Å². The van der Waals surface area contributed by atoms with Gasteiger partial charge in [0.05, 0.1) is 21.6 Å². The van der Waals surface area contributed by atoms with Crippen LogP contribution >= 0.6 is 0 Å². The molecule has 3 heterocycles. The number of H-pyrrole nitrogens is 1. The Labute approximate surface area is 196 Å². The van der Waals surface area contributed by atoms with Gasteiger partial charge in [0.15, 0.2) is 21.4 Å². The molecule has 0 saturated carbocycles. The van der Waals surface area contributed by atoms with Gasteiger partial charge in [-0.2, -0.15) is 0 Å². The highest BCUT2D eigenvalue weighted by atomic mass is 32.2. The van der Waals surface area contributed by atoms with Gasteiger partial charge in [0.1, 0.15) is 17.5 Å². The average molecular weight is 478 g/mol. The number of benzene rings is 2. The molecule has 2 aromatic carbocycles. The number of nitrogens with zero attached hydrogens (tertiary/aromatic N) is 3. The van der Waals surface area contributed by atoms with Crippen LogP contribution in [0.25, 0.3) is 22.6 Å². The maximum Gasteiger partial charge on any atom is 0.240 e. The third-order valence-electron chi connectivity index (χ3n) is 5.84. The SMILES string of the molecule is CS(=O)(=O)c1ccc(Oc2cc3nc(-c4ccccn4)[nH]c3cc2N2CCC[C@@H]2C(N)=O)cc1. The summed E-state index contributed by atoms with van der Waals surface area (Å²) in [6.45, 7) is 0.656. The minimum Gasteiger partial charge on any atom is -0.455 e. The third-order valence-corrected chi connectivity index (χ3v) is 6.97. The molecule has 1 aliphatic rings. The summed E-state index contributed by atoms with van der Waals surface area (Å²) in [4.78, 5) is 26.6. The van der Waals surface area contributed by atoms with Crippen molar-refractivity contribution in [3.05, 3.63) is 60.8 Å². The number of nitrogens with two attached hydrogens (primary N) is 1. The number of sulfone groups is 1. The van der Waals surface area contributed by atoms with Crippen molar-refractivity contribution in [1.29, 1.82) is 0 Å². The lowest BCUT2D eigenvalue weighted by molar-refractivity contribution is -0.119. The minimum atomic E-state index is -3.32. The lowest BCUT2D eigenvalue weighted by atomic mass is 10.1. The van der Waals surface area contributed by atoms with Gasteiger partial charge in [0.2, 0.25) is 5.91 Å². The monoisotopic (exact) mass is 477 g/mol. The van der Waals surface area contributed by atoms with Crippen molar-refractivity contribution in [1.82, 2.24) is 15.0 Å². The largest absolute Gasteiger partial charge is 0.455 e. The van der Waals surface area contributed by atoms with E-state index in [1.807, 2.05) is 29.2 Å². The van der Waals surface area contributed by atoms with E-state index in [4.69, 9.17) is 10.5 Å². The fourth-order valence-corrected chi connectivity index (χ4v) is 4.82. The van der Waals surface area contributed by atoms with E-state index in [0.29, 0.717) is 47.2 Å². The van der Waals surface area contributed by atoms with Crippen molar-refractivity contribution < 1.29 is 17.9 Å². The van der Waals surface area contributed by atoms with E-state index in [1.54, 1.807) is 24.4 Å². The van der Waals surface area contributed by atoms with E-state index in [9.17, 15) is 13.2 Å². The molecule has 2 aromatic heterocycles. The number of hydrogen-bond acceptors (Lipinski definition) is 7. The van der Waals surface area contributed by atoms with E-state index < -0.39 is 15.9 Å². The van der Waals surface area contributed by atoms with Crippen LogP contribution in [0.1, 0.15) is 12.8 Å². The van der Waals surface area contributed by atoms with Crippen LogP contribution < -0.4 is 15.4 Å². The number of rotatable bonds is 6. The number of imidazole rings is 1. The number of primary amides is 1. The Bertz CT molecular complexity index is 1470. The summed E-state index contributed by atoms with van der Waals surface area (Å²) in [5.41, 5.74) is 8.52. The number of carbonyl (C=O) groups is 1.